The second-order valence-corrected chi connectivity index (χ2v) is 2.93. The van der Waals surface area contributed by atoms with Crippen LogP contribution >= 0.6 is 0 Å². The van der Waals surface area contributed by atoms with E-state index in [1.54, 1.807) is 5.32 Å². The van der Waals surface area contributed by atoms with Gasteiger partial charge < -0.3 is 9.47 Å². The molecule has 0 bridgehead atoms. The lowest BCUT2D eigenvalue weighted by Crippen LogP contribution is -2.31. The van der Waals surface area contributed by atoms with Crippen LogP contribution in [0, 0.1) is 11.3 Å². The molecule has 0 aliphatic carbocycles. The molecule has 0 aliphatic rings. The number of hydrogen-bond acceptors (Lipinski definition) is 5. The lowest BCUT2D eigenvalue weighted by atomic mass is 10.2. The largest absolute Gasteiger partial charge is 0.462 e. The van der Waals surface area contributed by atoms with Crippen molar-refractivity contribution in [3.8, 4) is 6.07 Å². The number of alkyl halides is 3. The molecule has 19 heavy (non-hydrogen) atoms. The van der Waals surface area contributed by atoms with Crippen molar-refractivity contribution in [1.29, 1.82) is 5.26 Å². The van der Waals surface area contributed by atoms with Gasteiger partial charge in [0, 0.05) is 0 Å². The molecule has 1 amide bonds. The van der Waals surface area contributed by atoms with E-state index in [0.717, 1.165) is 6.07 Å². The normalized spacial score (nSPS) is 12.0. The number of carbonyl (C=O) groups is 2. The molecule has 0 aromatic heterocycles. The predicted octanol–water partition coefficient (Wildman–Crippen LogP) is 1.64. The van der Waals surface area contributed by atoms with Crippen LogP contribution in [0.15, 0.2) is 11.3 Å². The Balaban J connectivity index is 5.48. The minimum atomic E-state index is -5.14. The lowest BCUT2D eigenvalue weighted by Gasteiger charge is -2.13. The molecular weight excluding hydrogens is 269 g/mol. The third-order valence-electron chi connectivity index (χ3n) is 1.63. The van der Waals surface area contributed by atoms with Crippen molar-refractivity contribution in [3.05, 3.63) is 11.3 Å². The maximum atomic E-state index is 12.7. The van der Waals surface area contributed by atoms with Crippen molar-refractivity contribution < 1.29 is 32.2 Å². The van der Waals surface area contributed by atoms with E-state index in [1.165, 1.54) is 13.8 Å². The molecule has 0 aromatic rings. The highest BCUT2D eigenvalue weighted by molar-refractivity contribution is 5.92. The van der Waals surface area contributed by atoms with Crippen LogP contribution in [0.2, 0.25) is 0 Å². The number of halogens is 3. The minimum absolute atomic E-state index is 0.106. The fraction of sp³-hybridized carbons (Fsp3) is 0.500. The van der Waals surface area contributed by atoms with Crippen molar-refractivity contribution in [2.45, 2.75) is 20.0 Å². The Morgan fingerprint density at radius 1 is 1.21 bits per heavy atom. The first-order valence-corrected chi connectivity index (χ1v) is 5.10. The van der Waals surface area contributed by atoms with E-state index in [0.29, 0.717) is 0 Å². The summed E-state index contributed by atoms with van der Waals surface area (Å²) in [6, 6.07) is 1.08. The SMILES string of the molecule is CCOC(=O)N/C(C#N)=C(/C(=O)OCC)C(F)(F)F. The zero-order valence-corrected chi connectivity index (χ0v) is 10.1. The average molecular weight is 280 g/mol. The van der Waals surface area contributed by atoms with Crippen LogP contribution in [0.25, 0.3) is 0 Å². The second kappa shape index (κ2) is 7.25. The summed E-state index contributed by atoms with van der Waals surface area (Å²) in [5.41, 5.74) is -3.16. The van der Waals surface area contributed by atoms with Crippen LogP contribution in [-0.4, -0.2) is 31.5 Å². The molecular formula is C10H11F3N2O4. The summed E-state index contributed by atoms with van der Waals surface area (Å²) < 4.78 is 46.5. The Labute approximate surface area is 106 Å². The van der Waals surface area contributed by atoms with E-state index in [2.05, 4.69) is 9.47 Å². The highest BCUT2D eigenvalue weighted by Crippen LogP contribution is 2.28. The van der Waals surface area contributed by atoms with Crippen molar-refractivity contribution in [2.75, 3.05) is 13.2 Å². The first-order chi connectivity index (χ1) is 8.77. The number of ether oxygens (including phenoxy) is 2. The Hall–Kier alpha value is -2.24. The first-order valence-electron chi connectivity index (χ1n) is 5.10. The standard InChI is InChI=1S/C10H11F3N2O4/c1-3-18-8(16)7(10(11,12)13)6(5-14)15-9(17)19-4-2/h3-4H2,1-2H3,(H,15,17)/b7-6-. The number of nitrogens with zero attached hydrogens (tertiary/aromatic N) is 1. The zero-order valence-electron chi connectivity index (χ0n) is 10.1. The third-order valence-corrected chi connectivity index (χ3v) is 1.63. The minimum Gasteiger partial charge on any atom is -0.462 e. The van der Waals surface area contributed by atoms with Gasteiger partial charge in [-0.1, -0.05) is 0 Å². The predicted molar refractivity (Wildman–Crippen MR) is 55.5 cm³/mol. The summed E-state index contributed by atoms with van der Waals surface area (Å²) in [6.45, 7) is 2.31. The van der Waals surface area contributed by atoms with E-state index < -0.39 is 29.5 Å². The molecule has 0 unspecified atom stereocenters. The molecule has 0 fully saturated rings. The van der Waals surface area contributed by atoms with Gasteiger partial charge in [-0.3, -0.25) is 5.32 Å². The van der Waals surface area contributed by atoms with Crippen molar-refractivity contribution >= 4 is 12.1 Å². The van der Waals surface area contributed by atoms with Gasteiger partial charge in [-0.2, -0.15) is 18.4 Å². The molecule has 0 radical (unpaired) electrons. The van der Waals surface area contributed by atoms with Crippen molar-refractivity contribution in [3.63, 3.8) is 0 Å². The summed E-state index contributed by atoms with van der Waals surface area (Å²) in [6.07, 6.45) is -6.42. The number of rotatable bonds is 4. The van der Waals surface area contributed by atoms with Gasteiger partial charge in [0.2, 0.25) is 0 Å². The summed E-state index contributed by atoms with van der Waals surface area (Å²) in [4.78, 5) is 22.2. The number of allylic oxidation sites excluding steroid dienone is 1. The van der Waals surface area contributed by atoms with Gasteiger partial charge in [0.05, 0.1) is 13.2 Å². The van der Waals surface area contributed by atoms with Gasteiger partial charge in [0.1, 0.15) is 11.8 Å². The number of alkyl carbamates (subject to hydrolysis) is 1. The van der Waals surface area contributed by atoms with Crippen LogP contribution in [0.4, 0.5) is 18.0 Å². The molecule has 0 heterocycles. The van der Waals surface area contributed by atoms with E-state index >= 15 is 0 Å². The van der Waals surface area contributed by atoms with Crippen LogP contribution in [-0.2, 0) is 14.3 Å². The number of carbonyl (C=O) groups excluding carboxylic acids is 2. The Morgan fingerprint density at radius 3 is 2.11 bits per heavy atom. The van der Waals surface area contributed by atoms with Crippen LogP contribution in [0.3, 0.4) is 0 Å². The third kappa shape index (κ3) is 5.29. The van der Waals surface area contributed by atoms with Crippen LogP contribution in [0.5, 0.6) is 0 Å². The number of nitrogens with one attached hydrogen (secondary N) is 1. The Kier molecular flexibility index (Phi) is 6.40. The number of esters is 1. The van der Waals surface area contributed by atoms with Gasteiger partial charge in [0.15, 0.2) is 5.57 Å². The van der Waals surface area contributed by atoms with E-state index in [9.17, 15) is 22.8 Å². The summed E-state index contributed by atoms with van der Waals surface area (Å²) in [5.74, 6) is -1.75. The fourth-order valence-electron chi connectivity index (χ4n) is 0.978. The second-order valence-electron chi connectivity index (χ2n) is 2.93. The average Bonchev–Trinajstić information content (AvgIpc) is 2.26. The number of hydrogen-bond donors (Lipinski definition) is 1. The molecule has 0 atom stereocenters. The van der Waals surface area contributed by atoms with Crippen LogP contribution < -0.4 is 5.32 Å². The van der Waals surface area contributed by atoms with Gasteiger partial charge in [-0.15, -0.1) is 0 Å². The molecule has 106 valence electrons. The maximum Gasteiger partial charge on any atom is 0.426 e. The lowest BCUT2D eigenvalue weighted by molar-refractivity contribution is -0.150. The number of amides is 1. The van der Waals surface area contributed by atoms with Crippen molar-refractivity contribution in [2.24, 2.45) is 0 Å². The maximum absolute atomic E-state index is 12.7. The monoisotopic (exact) mass is 280 g/mol. The first kappa shape index (κ1) is 16.8. The smallest absolute Gasteiger partial charge is 0.426 e. The summed E-state index contributed by atoms with van der Waals surface area (Å²) in [7, 11) is 0. The van der Waals surface area contributed by atoms with Gasteiger partial charge in [0.25, 0.3) is 0 Å². The number of nitriles is 1. The summed E-state index contributed by atoms with van der Waals surface area (Å²) >= 11 is 0. The molecule has 0 aliphatic heterocycles. The molecule has 0 aromatic carbocycles. The van der Waals surface area contributed by atoms with E-state index in [-0.39, 0.29) is 13.2 Å². The van der Waals surface area contributed by atoms with Crippen LogP contribution in [0.1, 0.15) is 13.8 Å². The highest BCUT2D eigenvalue weighted by Gasteiger charge is 2.43. The Morgan fingerprint density at radius 2 is 1.74 bits per heavy atom. The fourth-order valence-corrected chi connectivity index (χ4v) is 0.978. The quantitative estimate of drug-likeness (QED) is 0.480. The molecule has 6 nitrogen and oxygen atoms in total. The molecule has 0 saturated heterocycles. The van der Waals surface area contributed by atoms with Crippen molar-refractivity contribution in [1.82, 2.24) is 5.32 Å². The topological polar surface area (TPSA) is 88.4 Å². The zero-order chi connectivity index (χ0) is 15.1. The molecule has 9 heteroatoms. The van der Waals surface area contributed by atoms with Gasteiger partial charge >= 0.3 is 18.2 Å². The van der Waals surface area contributed by atoms with Gasteiger partial charge in [-0.25, -0.2) is 9.59 Å². The highest BCUT2D eigenvalue weighted by atomic mass is 19.4. The molecule has 1 N–H and O–H groups in total. The van der Waals surface area contributed by atoms with E-state index in [1.807, 2.05) is 0 Å². The summed E-state index contributed by atoms with van der Waals surface area (Å²) in [5, 5.41) is 10.2. The molecule has 0 rings (SSSR count). The van der Waals surface area contributed by atoms with E-state index in [4.69, 9.17) is 5.26 Å². The molecule has 0 spiro atoms. The molecule has 0 saturated carbocycles. The van der Waals surface area contributed by atoms with Gasteiger partial charge in [-0.05, 0) is 13.8 Å². The Bertz CT molecular complexity index is 423.